The van der Waals surface area contributed by atoms with Crippen molar-refractivity contribution in [1.29, 1.82) is 0 Å². The molecule has 0 aliphatic carbocycles. The Hall–Kier alpha value is -2.47. The first-order valence-electron chi connectivity index (χ1n) is 6.67. The van der Waals surface area contributed by atoms with Crippen LogP contribution in [0.4, 0.5) is 5.95 Å². The maximum absolute atomic E-state index is 12.0. The number of primary amides is 1. The lowest BCUT2D eigenvalue weighted by Gasteiger charge is -2.17. The number of anilines is 1. The SMILES string of the molecule is NC(=O)c1cn([C@@H]2O[C@H](CO)[C@@H](O)[C@H]2O)c2nc(N)[nH]c(=O)c12. The normalized spacial score (nSPS) is 27.6. The second-order valence-corrected chi connectivity index (χ2v) is 5.19. The summed E-state index contributed by atoms with van der Waals surface area (Å²) in [5, 5.41) is 29.0. The Morgan fingerprint density at radius 3 is 2.70 bits per heavy atom. The molecule has 11 nitrogen and oxygen atoms in total. The van der Waals surface area contributed by atoms with Gasteiger partial charge in [0.1, 0.15) is 18.3 Å². The van der Waals surface area contributed by atoms with Crippen LogP contribution in [0.25, 0.3) is 11.0 Å². The minimum Gasteiger partial charge on any atom is -0.394 e. The van der Waals surface area contributed by atoms with Crippen LogP contribution in [-0.4, -0.2) is 60.7 Å². The Morgan fingerprint density at radius 1 is 1.43 bits per heavy atom. The van der Waals surface area contributed by atoms with E-state index in [0.29, 0.717) is 0 Å². The molecule has 3 heterocycles. The molecule has 0 spiro atoms. The number of nitrogens with zero attached hydrogens (tertiary/aromatic N) is 2. The zero-order chi connectivity index (χ0) is 16.9. The molecule has 0 aromatic carbocycles. The summed E-state index contributed by atoms with van der Waals surface area (Å²) in [4.78, 5) is 29.8. The van der Waals surface area contributed by atoms with Crippen LogP contribution in [0, 0.1) is 0 Å². The molecule has 1 fully saturated rings. The standard InChI is InChI=1S/C12H15N5O6/c13-8(21)3-1-17(9-5(3)10(22)16-12(14)15-9)11-7(20)6(19)4(2-18)23-11/h1,4,6-7,11,18-20H,2H2,(H2,13,21)(H3,14,15,16,22)/t4-,6-,7-,11-/m1/s1. The van der Waals surface area contributed by atoms with Gasteiger partial charge in [-0.05, 0) is 0 Å². The maximum Gasteiger partial charge on any atom is 0.262 e. The zero-order valence-corrected chi connectivity index (χ0v) is 11.7. The number of rotatable bonds is 3. The van der Waals surface area contributed by atoms with E-state index in [1.165, 1.54) is 10.8 Å². The van der Waals surface area contributed by atoms with E-state index < -0.39 is 42.6 Å². The third kappa shape index (κ3) is 2.26. The van der Waals surface area contributed by atoms with E-state index >= 15 is 0 Å². The van der Waals surface area contributed by atoms with E-state index in [1.807, 2.05) is 0 Å². The van der Waals surface area contributed by atoms with Gasteiger partial charge in [0.25, 0.3) is 11.5 Å². The predicted molar refractivity (Wildman–Crippen MR) is 76.3 cm³/mol. The van der Waals surface area contributed by atoms with Gasteiger partial charge in [-0.2, -0.15) is 4.98 Å². The van der Waals surface area contributed by atoms with E-state index in [-0.39, 0.29) is 22.5 Å². The Labute approximate surface area is 128 Å². The van der Waals surface area contributed by atoms with E-state index in [0.717, 1.165) is 0 Å². The van der Waals surface area contributed by atoms with Crippen LogP contribution < -0.4 is 17.0 Å². The maximum atomic E-state index is 12.0. The van der Waals surface area contributed by atoms with Gasteiger partial charge in [0.05, 0.1) is 17.6 Å². The number of ether oxygens (including phenoxy) is 1. The molecular formula is C12H15N5O6. The van der Waals surface area contributed by atoms with Crippen molar-refractivity contribution in [1.82, 2.24) is 14.5 Å². The van der Waals surface area contributed by atoms with Crippen LogP contribution in [0.3, 0.4) is 0 Å². The highest BCUT2D eigenvalue weighted by atomic mass is 16.6. The fraction of sp³-hybridized carbons (Fsp3) is 0.417. The molecule has 1 amide bonds. The summed E-state index contributed by atoms with van der Waals surface area (Å²) in [7, 11) is 0. The summed E-state index contributed by atoms with van der Waals surface area (Å²) in [6.07, 6.45) is -3.77. The first-order chi connectivity index (χ1) is 10.8. The second kappa shape index (κ2) is 5.31. The Morgan fingerprint density at radius 2 is 2.13 bits per heavy atom. The largest absolute Gasteiger partial charge is 0.394 e. The van der Waals surface area contributed by atoms with Gasteiger partial charge in [-0.3, -0.25) is 14.6 Å². The number of nitrogens with two attached hydrogens (primary N) is 2. The number of hydrogen-bond donors (Lipinski definition) is 6. The minimum atomic E-state index is -1.41. The number of aromatic amines is 1. The Balaban J connectivity index is 2.23. The Kier molecular flexibility index (Phi) is 3.56. The highest BCUT2D eigenvalue weighted by Crippen LogP contribution is 2.32. The second-order valence-electron chi connectivity index (χ2n) is 5.19. The molecule has 0 bridgehead atoms. The van der Waals surface area contributed by atoms with Crippen LogP contribution in [-0.2, 0) is 4.74 Å². The molecule has 0 saturated carbocycles. The van der Waals surface area contributed by atoms with Crippen molar-refractivity contribution >= 4 is 22.9 Å². The molecule has 0 unspecified atom stereocenters. The van der Waals surface area contributed by atoms with Gasteiger partial charge in [-0.1, -0.05) is 0 Å². The third-order valence-corrected chi connectivity index (χ3v) is 3.76. The van der Waals surface area contributed by atoms with E-state index in [2.05, 4.69) is 9.97 Å². The van der Waals surface area contributed by atoms with Crippen molar-refractivity contribution in [2.24, 2.45) is 5.73 Å². The van der Waals surface area contributed by atoms with Crippen molar-refractivity contribution in [2.75, 3.05) is 12.3 Å². The van der Waals surface area contributed by atoms with Gasteiger partial charge < -0.3 is 36.1 Å². The fourth-order valence-corrected chi connectivity index (χ4v) is 2.66. The van der Waals surface area contributed by atoms with Crippen LogP contribution >= 0.6 is 0 Å². The number of aliphatic hydroxyl groups excluding tert-OH is 3. The summed E-state index contributed by atoms with van der Waals surface area (Å²) >= 11 is 0. The first-order valence-corrected chi connectivity index (χ1v) is 6.67. The van der Waals surface area contributed by atoms with Crippen LogP contribution in [0.15, 0.2) is 11.0 Å². The van der Waals surface area contributed by atoms with Crippen molar-refractivity contribution in [3.8, 4) is 0 Å². The van der Waals surface area contributed by atoms with Crippen LogP contribution in [0.5, 0.6) is 0 Å². The minimum absolute atomic E-state index is 0.0325. The van der Waals surface area contributed by atoms with E-state index in [1.54, 1.807) is 0 Å². The summed E-state index contributed by atoms with van der Waals surface area (Å²) in [6.45, 7) is -0.521. The lowest BCUT2D eigenvalue weighted by molar-refractivity contribution is -0.0508. The molecular weight excluding hydrogens is 310 g/mol. The van der Waals surface area contributed by atoms with Gasteiger partial charge in [0, 0.05) is 6.20 Å². The monoisotopic (exact) mass is 325 g/mol. The van der Waals surface area contributed by atoms with Crippen molar-refractivity contribution in [3.05, 3.63) is 22.1 Å². The molecule has 124 valence electrons. The first kappa shape index (κ1) is 15.4. The summed E-state index contributed by atoms with van der Waals surface area (Å²) in [5.41, 5.74) is 9.92. The van der Waals surface area contributed by atoms with E-state index in [9.17, 15) is 19.8 Å². The molecule has 11 heteroatoms. The Bertz CT molecular complexity index is 829. The van der Waals surface area contributed by atoms with Gasteiger partial charge in [0.2, 0.25) is 5.95 Å². The van der Waals surface area contributed by atoms with E-state index in [4.69, 9.17) is 21.3 Å². The number of aromatic nitrogens is 3. The molecule has 2 aromatic rings. The molecule has 3 rings (SSSR count). The molecule has 1 aliphatic heterocycles. The third-order valence-electron chi connectivity index (χ3n) is 3.76. The summed E-state index contributed by atoms with van der Waals surface area (Å²) < 4.78 is 6.55. The van der Waals surface area contributed by atoms with Gasteiger partial charge >= 0.3 is 0 Å². The molecule has 0 radical (unpaired) electrons. The smallest absolute Gasteiger partial charge is 0.262 e. The highest BCUT2D eigenvalue weighted by Gasteiger charge is 2.44. The molecule has 1 saturated heterocycles. The molecule has 23 heavy (non-hydrogen) atoms. The van der Waals surface area contributed by atoms with Gasteiger partial charge in [-0.25, -0.2) is 0 Å². The highest BCUT2D eigenvalue weighted by molar-refractivity contribution is 6.05. The number of carbonyl (C=O) groups excluding carboxylic acids is 1. The van der Waals surface area contributed by atoms with Crippen LogP contribution in [0.2, 0.25) is 0 Å². The summed E-state index contributed by atoms with van der Waals surface area (Å²) in [6, 6.07) is 0. The predicted octanol–water partition coefficient (Wildman–Crippen LogP) is -2.98. The van der Waals surface area contributed by atoms with Crippen molar-refractivity contribution in [2.45, 2.75) is 24.5 Å². The average Bonchev–Trinajstić information content (AvgIpc) is 2.99. The molecule has 1 aliphatic rings. The lowest BCUT2D eigenvalue weighted by atomic mass is 10.1. The number of nitrogens with one attached hydrogen (secondary N) is 1. The average molecular weight is 325 g/mol. The number of nitrogen functional groups attached to an aromatic ring is 1. The molecule has 8 N–H and O–H groups in total. The topological polar surface area (TPSA) is 190 Å². The van der Waals surface area contributed by atoms with Gasteiger partial charge in [-0.15, -0.1) is 0 Å². The fourth-order valence-electron chi connectivity index (χ4n) is 2.66. The quantitative estimate of drug-likeness (QED) is 0.344. The molecule has 2 aromatic heterocycles. The van der Waals surface area contributed by atoms with Crippen molar-refractivity contribution in [3.63, 3.8) is 0 Å². The number of fused-ring (bicyclic) bond motifs is 1. The zero-order valence-electron chi connectivity index (χ0n) is 11.7. The lowest BCUT2D eigenvalue weighted by Crippen LogP contribution is -2.33. The summed E-state index contributed by atoms with van der Waals surface area (Å²) in [5.74, 6) is -1.08. The van der Waals surface area contributed by atoms with Crippen LogP contribution in [0.1, 0.15) is 16.6 Å². The molecule has 4 atom stereocenters. The van der Waals surface area contributed by atoms with Crippen molar-refractivity contribution < 1.29 is 24.9 Å². The number of carbonyl (C=O) groups is 1. The number of aliphatic hydroxyl groups is 3. The van der Waals surface area contributed by atoms with Gasteiger partial charge in [0.15, 0.2) is 11.9 Å². The number of amides is 1. The number of H-pyrrole nitrogens is 1. The number of hydrogen-bond acceptors (Lipinski definition) is 8.